The van der Waals surface area contributed by atoms with Gasteiger partial charge in [0.05, 0.1) is 11.5 Å². The molecule has 0 radical (unpaired) electrons. The Hall–Kier alpha value is -1.72. The number of methoxy groups -OCH3 is 1. The highest BCUT2D eigenvalue weighted by Gasteiger charge is 2.19. The minimum atomic E-state index is -0.462. The first-order valence-corrected chi connectivity index (χ1v) is 6.63. The third kappa shape index (κ3) is 2.27. The van der Waals surface area contributed by atoms with E-state index in [2.05, 4.69) is 0 Å². The number of hydrogen-bond acceptors (Lipinski definition) is 4. The van der Waals surface area contributed by atoms with Gasteiger partial charge in [0.1, 0.15) is 0 Å². The van der Waals surface area contributed by atoms with E-state index in [4.69, 9.17) is 10.5 Å². The lowest BCUT2D eigenvalue weighted by atomic mass is 10.0. The van der Waals surface area contributed by atoms with Crippen molar-refractivity contribution in [2.75, 3.05) is 7.11 Å². The Morgan fingerprint density at radius 2 is 2.05 bits per heavy atom. The van der Waals surface area contributed by atoms with Gasteiger partial charge in [-0.1, -0.05) is 6.07 Å². The van der Waals surface area contributed by atoms with Gasteiger partial charge in [0, 0.05) is 22.8 Å². The average molecular weight is 277 g/mol. The van der Waals surface area contributed by atoms with E-state index in [1.165, 1.54) is 18.3 Å². The Kier molecular flexibility index (Phi) is 3.68. The van der Waals surface area contributed by atoms with Crippen LogP contribution in [0.25, 0.3) is 10.1 Å². The zero-order chi connectivity index (χ0) is 14.2. The number of benzene rings is 1. The molecule has 2 N–H and O–H groups in total. The summed E-state index contributed by atoms with van der Waals surface area (Å²) < 4.78 is 5.98. The summed E-state index contributed by atoms with van der Waals surface area (Å²) in [7, 11) is 1.61. The maximum Gasteiger partial charge on any atom is 0.259 e. The van der Waals surface area contributed by atoms with Crippen LogP contribution in [-0.4, -0.2) is 18.8 Å². The van der Waals surface area contributed by atoms with Gasteiger partial charge in [0.2, 0.25) is 0 Å². The molecule has 1 amide bonds. The number of fused-ring (bicyclic) bond motifs is 1. The summed E-state index contributed by atoms with van der Waals surface area (Å²) in [6, 6.07) is 3.65. The number of hydrogen-bond donors (Lipinski definition) is 1. The predicted molar refractivity (Wildman–Crippen MR) is 75.8 cm³/mol. The predicted octanol–water partition coefficient (Wildman–Crippen LogP) is 2.66. The van der Waals surface area contributed by atoms with Crippen LogP contribution in [0.2, 0.25) is 0 Å². The summed E-state index contributed by atoms with van der Waals surface area (Å²) in [5, 5.41) is 0.911. The molecule has 0 saturated heterocycles. The molecule has 19 heavy (non-hydrogen) atoms. The van der Waals surface area contributed by atoms with Crippen LogP contribution in [-0.2, 0) is 11.3 Å². The molecule has 0 bridgehead atoms. The second-order valence-electron chi connectivity index (χ2n) is 4.39. The first-order chi connectivity index (χ1) is 8.97. The number of primary amides is 1. The SMILES string of the molecule is COCc1ccc(C(C)=O)c2sc(C(N)=O)c(C)c12. The van der Waals surface area contributed by atoms with Gasteiger partial charge in [-0.05, 0) is 31.0 Å². The molecule has 100 valence electrons. The van der Waals surface area contributed by atoms with Crippen molar-refractivity contribution in [3.05, 3.63) is 33.7 Å². The van der Waals surface area contributed by atoms with Gasteiger partial charge in [-0.15, -0.1) is 11.3 Å². The molecule has 0 aliphatic heterocycles. The second-order valence-corrected chi connectivity index (χ2v) is 5.41. The fourth-order valence-electron chi connectivity index (χ4n) is 2.22. The normalized spacial score (nSPS) is 10.9. The van der Waals surface area contributed by atoms with E-state index in [-0.39, 0.29) is 5.78 Å². The number of nitrogens with two attached hydrogens (primary N) is 1. The maximum atomic E-state index is 11.7. The lowest BCUT2D eigenvalue weighted by Crippen LogP contribution is -2.09. The molecule has 0 fully saturated rings. The maximum absolute atomic E-state index is 11.7. The van der Waals surface area contributed by atoms with Crippen LogP contribution in [0.3, 0.4) is 0 Å². The number of amides is 1. The van der Waals surface area contributed by atoms with Crippen LogP contribution < -0.4 is 5.73 Å². The zero-order valence-electron chi connectivity index (χ0n) is 11.1. The smallest absolute Gasteiger partial charge is 0.259 e. The number of Topliss-reactive ketones (excluding diaryl/α,β-unsaturated/α-hetero) is 1. The minimum absolute atomic E-state index is 0.0220. The number of carbonyl (C=O) groups excluding carboxylic acids is 2. The minimum Gasteiger partial charge on any atom is -0.380 e. The summed E-state index contributed by atoms with van der Waals surface area (Å²) in [6.07, 6.45) is 0. The Bertz CT molecular complexity index is 673. The molecule has 5 heteroatoms. The van der Waals surface area contributed by atoms with Crippen molar-refractivity contribution in [2.24, 2.45) is 5.73 Å². The molecule has 0 spiro atoms. The topological polar surface area (TPSA) is 69.4 Å². The van der Waals surface area contributed by atoms with E-state index >= 15 is 0 Å². The van der Waals surface area contributed by atoms with Crippen LogP contribution in [0.5, 0.6) is 0 Å². The molecule has 4 nitrogen and oxygen atoms in total. The van der Waals surface area contributed by atoms with Gasteiger partial charge in [0.25, 0.3) is 5.91 Å². The van der Waals surface area contributed by atoms with Gasteiger partial charge in [-0.25, -0.2) is 0 Å². The highest BCUT2D eigenvalue weighted by Crippen LogP contribution is 2.36. The Balaban J connectivity index is 2.85. The van der Waals surface area contributed by atoms with Crippen molar-refractivity contribution < 1.29 is 14.3 Å². The third-order valence-corrected chi connectivity index (χ3v) is 4.41. The van der Waals surface area contributed by atoms with E-state index < -0.39 is 5.91 Å². The van der Waals surface area contributed by atoms with E-state index in [1.807, 2.05) is 13.0 Å². The zero-order valence-corrected chi connectivity index (χ0v) is 11.9. The highest BCUT2D eigenvalue weighted by molar-refractivity contribution is 7.21. The van der Waals surface area contributed by atoms with Gasteiger partial charge < -0.3 is 10.5 Å². The van der Waals surface area contributed by atoms with E-state index in [1.54, 1.807) is 13.2 Å². The average Bonchev–Trinajstić information content (AvgIpc) is 2.68. The van der Waals surface area contributed by atoms with Gasteiger partial charge in [0.15, 0.2) is 5.78 Å². The molecule has 0 aliphatic carbocycles. The molecule has 1 aromatic carbocycles. The molecular formula is C14H15NO3S. The largest absolute Gasteiger partial charge is 0.380 e. The van der Waals surface area contributed by atoms with Gasteiger partial charge >= 0.3 is 0 Å². The number of thiophene rings is 1. The van der Waals surface area contributed by atoms with Crippen LogP contribution >= 0.6 is 11.3 Å². The summed E-state index contributed by atoms with van der Waals surface area (Å²) in [4.78, 5) is 23.6. The van der Waals surface area contributed by atoms with E-state index in [0.29, 0.717) is 17.0 Å². The first-order valence-electron chi connectivity index (χ1n) is 5.82. The monoisotopic (exact) mass is 277 g/mol. The van der Waals surface area contributed by atoms with Crippen LogP contribution in [0.15, 0.2) is 12.1 Å². The van der Waals surface area contributed by atoms with Crippen molar-refractivity contribution in [1.29, 1.82) is 0 Å². The third-order valence-electron chi connectivity index (χ3n) is 3.07. The summed E-state index contributed by atoms with van der Waals surface area (Å²) in [6.45, 7) is 3.80. The number of aryl methyl sites for hydroxylation is 1. The van der Waals surface area contributed by atoms with Gasteiger partial charge in [-0.2, -0.15) is 0 Å². The van der Waals surface area contributed by atoms with Crippen molar-refractivity contribution in [2.45, 2.75) is 20.5 Å². The Morgan fingerprint density at radius 3 is 2.58 bits per heavy atom. The highest BCUT2D eigenvalue weighted by atomic mass is 32.1. The number of ether oxygens (including phenoxy) is 1. The summed E-state index contributed by atoms with van der Waals surface area (Å²) in [5.74, 6) is -0.484. The first kappa shape index (κ1) is 13.7. The fraction of sp³-hybridized carbons (Fsp3) is 0.286. The quantitative estimate of drug-likeness (QED) is 0.873. The number of rotatable bonds is 4. The summed E-state index contributed by atoms with van der Waals surface area (Å²) >= 11 is 1.28. The van der Waals surface area contributed by atoms with Crippen molar-refractivity contribution in [3.63, 3.8) is 0 Å². The molecule has 2 aromatic rings. The fourth-order valence-corrected chi connectivity index (χ4v) is 3.49. The van der Waals surface area contributed by atoms with Crippen LogP contribution in [0.4, 0.5) is 0 Å². The Labute approximate surface area is 115 Å². The molecule has 0 saturated carbocycles. The van der Waals surface area contributed by atoms with Crippen molar-refractivity contribution in [3.8, 4) is 0 Å². The molecule has 1 aromatic heterocycles. The standard InChI is InChI=1S/C14H15NO3S/c1-7-11-9(6-18-3)4-5-10(8(2)16)13(11)19-12(7)14(15)17/h4-5H,6H2,1-3H3,(H2,15,17). The molecule has 0 unspecified atom stereocenters. The lowest BCUT2D eigenvalue weighted by Gasteiger charge is -2.06. The molecular weight excluding hydrogens is 262 g/mol. The van der Waals surface area contributed by atoms with E-state index in [0.717, 1.165) is 21.2 Å². The number of carbonyl (C=O) groups is 2. The van der Waals surface area contributed by atoms with Crippen LogP contribution in [0, 0.1) is 6.92 Å². The molecule has 0 aliphatic rings. The second kappa shape index (κ2) is 5.11. The van der Waals surface area contributed by atoms with Gasteiger partial charge in [-0.3, -0.25) is 9.59 Å². The summed E-state index contributed by atoms with van der Waals surface area (Å²) in [5.41, 5.74) is 7.79. The molecule has 0 atom stereocenters. The lowest BCUT2D eigenvalue weighted by molar-refractivity contribution is 0.0999. The van der Waals surface area contributed by atoms with Crippen molar-refractivity contribution >= 4 is 33.1 Å². The van der Waals surface area contributed by atoms with Crippen LogP contribution in [0.1, 0.15) is 38.1 Å². The molecule has 2 rings (SSSR count). The van der Waals surface area contributed by atoms with E-state index in [9.17, 15) is 9.59 Å². The number of ketones is 1. The Morgan fingerprint density at radius 1 is 1.37 bits per heavy atom. The van der Waals surface area contributed by atoms with Crippen molar-refractivity contribution in [1.82, 2.24) is 0 Å². The molecule has 1 heterocycles.